The van der Waals surface area contributed by atoms with Gasteiger partial charge in [0, 0.05) is 6.07 Å². The van der Waals surface area contributed by atoms with Crippen LogP contribution in [0.4, 0.5) is 11.4 Å². The summed E-state index contributed by atoms with van der Waals surface area (Å²) in [4.78, 5) is 20.4. The molecule has 3 aromatic carbocycles. The minimum absolute atomic E-state index is 0.0455. The van der Waals surface area contributed by atoms with Crippen molar-refractivity contribution in [2.24, 2.45) is 0 Å². The lowest BCUT2D eigenvalue weighted by molar-refractivity contribution is -0.394. The normalized spacial score (nSPS) is 10.4. The first-order valence-electron chi connectivity index (χ1n) is 6.64. The molecule has 3 aromatic rings. The molecule has 0 unspecified atom stereocenters. The number of nitro benzene ring substituents is 2. The highest BCUT2D eigenvalue weighted by molar-refractivity contribution is 5.83. The average Bonchev–Trinajstić information content (AvgIpc) is 2.54. The van der Waals surface area contributed by atoms with Crippen LogP contribution in [0.5, 0.6) is 11.5 Å². The largest absolute Gasteiger partial charge is 0.450 e. The Morgan fingerprint density at radius 2 is 1.52 bits per heavy atom. The number of non-ortho nitro benzene ring substituents is 1. The molecule has 114 valence electrons. The molecule has 0 bridgehead atoms. The fourth-order valence-electron chi connectivity index (χ4n) is 2.21. The van der Waals surface area contributed by atoms with Gasteiger partial charge in [-0.25, -0.2) is 0 Å². The van der Waals surface area contributed by atoms with Crippen LogP contribution in [-0.2, 0) is 0 Å². The quantitative estimate of drug-likeness (QED) is 0.524. The number of benzene rings is 3. The molecule has 0 heterocycles. The van der Waals surface area contributed by atoms with Gasteiger partial charge in [-0.3, -0.25) is 20.2 Å². The molecule has 0 N–H and O–H groups in total. The Labute approximate surface area is 130 Å². The molecule has 0 atom stereocenters. The lowest BCUT2D eigenvalue weighted by Crippen LogP contribution is -1.96. The van der Waals surface area contributed by atoms with Crippen molar-refractivity contribution in [3.63, 3.8) is 0 Å². The maximum absolute atomic E-state index is 11.1. The first-order valence-corrected chi connectivity index (χ1v) is 6.64. The van der Waals surface area contributed by atoms with Crippen molar-refractivity contribution in [2.75, 3.05) is 0 Å². The number of hydrogen-bond acceptors (Lipinski definition) is 5. The van der Waals surface area contributed by atoms with Crippen LogP contribution in [0, 0.1) is 20.2 Å². The van der Waals surface area contributed by atoms with Crippen molar-refractivity contribution in [1.82, 2.24) is 0 Å². The fourth-order valence-corrected chi connectivity index (χ4v) is 2.21. The van der Waals surface area contributed by atoms with Gasteiger partial charge >= 0.3 is 5.69 Å². The molecule has 7 nitrogen and oxygen atoms in total. The third-order valence-electron chi connectivity index (χ3n) is 3.30. The molecule has 0 aliphatic rings. The van der Waals surface area contributed by atoms with Crippen LogP contribution in [0.15, 0.2) is 60.7 Å². The molecule has 0 amide bonds. The summed E-state index contributed by atoms with van der Waals surface area (Å²) in [5, 5.41) is 23.8. The maximum Gasteiger partial charge on any atom is 0.318 e. The van der Waals surface area contributed by atoms with Gasteiger partial charge in [-0.15, -0.1) is 0 Å². The molecule has 3 rings (SSSR count). The Bertz CT molecular complexity index is 923. The van der Waals surface area contributed by atoms with Gasteiger partial charge in [0.05, 0.1) is 15.9 Å². The monoisotopic (exact) mass is 310 g/mol. The highest BCUT2D eigenvalue weighted by Crippen LogP contribution is 2.35. The summed E-state index contributed by atoms with van der Waals surface area (Å²) in [5.41, 5.74) is -0.810. The Morgan fingerprint density at radius 3 is 2.22 bits per heavy atom. The lowest BCUT2D eigenvalue weighted by Gasteiger charge is -2.07. The molecular formula is C16H10N2O5. The summed E-state index contributed by atoms with van der Waals surface area (Å²) in [6.07, 6.45) is 0. The first kappa shape index (κ1) is 14.5. The summed E-state index contributed by atoms with van der Waals surface area (Å²) in [7, 11) is 0. The predicted molar refractivity (Wildman–Crippen MR) is 83.8 cm³/mol. The van der Waals surface area contributed by atoms with Crippen LogP contribution >= 0.6 is 0 Å². The highest BCUT2D eigenvalue weighted by atomic mass is 16.6. The molecule has 0 aromatic heterocycles. The van der Waals surface area contributed by atoms with E-state index in [-0.39, 0.29) is 11.4 Å². The number of hydrogen-bond donors (Lipinski definition) is 0. The fraction of sp³-hybridized carbons (Fsp3) is 0. The molecule has 0 saturated heterocycles. The zero-order chi connectivity index (χ0) is 16.4. The van der Waals surface area contributed by atoms with Crippen molar-refractivity contribution < 1.29 is 14.6 Å². The summed E-state index contributed by atoms with van der Waals surface area (Å²) < 4.78 is 5.55. The van der Waals surface area contributed by atoms with Crippen molar-refractivity contribution in [3.05, 3.63) is 80.9 Å². The molecule has 0 saturated carbocycles. The van der Waals surface area contributed by atoms with E-state index in [0.29, 0.717) is 5.75 Å². The van der Waals surface area contributed by atoms with Gasteiger partial charge in [-0.05, 0) is 29.0 Å². The van der Waals surface area contributed by atoms with E-state index in [4.69, 9.17) is 4.74 Å². The molecular weight excluding hydrogens is 300 g/mol. The second kappa shape index (κ2) is 5.72. The summed E-state index contributed by atoms with van der Waals surface area (Å²) in [5.74, 6) is 0.372. The summed E-state index contributed by atoms with van der Waals surface area (Å²) >= 11 is 0. The van der Waals surface area contributed by atoms with Gasteiger partial charge in [0.1, 0.15) is 5.75 Å². The molecule has 23 heavy (non-hydrogen) atoms. The molecule has 0 fully saturated rings. The lowest BCUT2D eigenvalue weighted by atomic mass is 10.1. The topological polar surface area (TPSA) is 95.5 Å². The second-order valence-corrected chi connectivity index (χ2v) is 4.78. The first-order chi connectivity index (χ1) is 11.0. The van der Waals surface area contributed by atoms with Crippen molar-refractivity contribution >= 4 is 22.1 Å². The summed E-state index contributed by atoms with van der Waals surface area (Å²) in [6.45, 7) is 0. The van der Waals surface area contributed by atoms with E-state index >= 15 is 0 Å². The standard InChI is InChI=1S/C16H10N2O5/c19-17(20)13-6-8-16(15(10-13)18(21)22)23-14-7-5-11-3-1-2-4-12(11)9-14/h1-10H. The van der Waals surface area contributed by atoms with Crippen molar-refractivity contribution in [1.29, 1.82) is 0 Å². The van der Waals surface area contributed by atoms with Gasteiger partial charge in [-0.1, -0.05) is 30.3 Å². The molecule has 0 aliphatic heterocycles. The summed E-state index contributed by atoms with van der Waals surface area (Å²) in [6, 6.07) is 16.2. The average molecular weight is 310 g/mol. The predicted octanol–water partition coefficient (Wildman–Crippen LogP) is 4.45. The van der Waals surface area contributed by atoms with Gasteiger partial charge in [0.25, 0.3) is 5.69 Å². The highest BCUT2D eigenvalue weighted by Gasteiger charge is 2.21. The molecule has 0 aliphatic carbocycles. The van der Waals surface area contributed by atoms with Crippen LogP contribution in [0.1, 0.15) is 0 Å². The van der Waals surface area contributed by atoms with E-state index in [1.807, 2.05) is 30.3 Å². The number of rotatable bonds is 4. The van der Waals surface area contributed by atoms with Gasteiger partial charge < -0.3 is 4.74 Å². The SMILES string of the molecule is O=[N+]([O-])c1ccc(Oc2ccc3ccccc3c2)c([N+](=O)[O-])c1. The number of nitro groups is 2. The van der Waals surface area contributed by atoms with Crippen LogP contribution < -0.4 is 4.74 Å². The number of fused-ring (bicyclic) bond motifs is 1. The smallest absolute Gasteiger partial charge is 0.318 e. The molecule has 0 radical (unpaired) electrons. The van der Waals surface area contributed by atoms with E-state index in [1.54, 1.807) is 12.1 Å². The minimum atomic E-state index is -0.705. The van der Waals surface area contributed by atoms with E-state index in [9.17, 15) is 20.2 Å². The van der Waals surface area contributed by atoms with Crippen LogP contribution in [0.2, 0.25) is 0 Å². The number of nitrogens with zero attached hydrogens (tertiary/aromatic N) is 2. The Hall–Kier alpha value is -3.48. The Morgan fingerprint density at radius 1 is 0.783 bits per heavy atom. The molecule has 0 spiro atoms. The Kier molecular flexibility index (Phi) is 3.60. The van der Waals surface area contributed by atoms with E-state index in [0.717, 1.165) is 16.8 Å². The number of ether oxygens (including phenoxy) is 1. The van der Waals surface area contributed by atoms with E-state index in [2.05, 4.69) is 0 Å². The minimum Gasteiger partial charge on any atom is -0.450 e. The van der Waals surface area contributed by atoms with Crippen molar-refractivity contribution in [2.45, 2.75) is 0 Å². The van der Waals surface area contributed by atoms with Gasteiger partial charge in [-0.2, -0.15) is 0 Å². The molecule has 7 heteroatoms. The van der Waals surface area contributed by atoms with E-state index < -0.39 is 15.5 Å². The van der Waals surface area contributed by atoms with Gasteiger partial charge in [0.2, 0.25) is 5.75 Å². The van der Waals surface area contributed by atoms with E-state index in [1.165, 1.54) is 12.1 Å². The zero-order valence-corrected chi connectivity index (χ0v) is 11.7. The Balaban J connectivity index is 2.00. The second-order valence-electron chi connectivity index (χ2n) is 4.78. The maximum atomic E-state index is 11.1. The van der Waals surface area contributed by atoms with Crippen LogP contribution in [0.25, 0.3) is 10.8 Å². The van der Waals surface area contributed by atoms with Crippen molar-refractivity contribution in [3.8, 4) is 11.5 Å². The van der Waals surface area contributed by atoms with Crippen LogP contribution in [0.3, 0.4) is 0 Å². The third kappa shape index (κ3) is 2.93. The van der Waals surface area contributed by atoms with Crippen LogP contribution in [-0.4, -0.2) is 9.85 Å². The third-order valence-corrected chi connectivity index (χ3v) is 3.30. The van der Waals surface area contributed by atoms with Gasteiger partial charge in [0.15, 0.2) is 0 Å². The zero-order valence-electron chi connectivity index (χ0n) is 11.7.